The zero-order valence-electron chi connectivity index (χ0n) is 14.3. The molecule has 2 nitrogen and oxygen atoms in total. The fourth-order valence-electron chi connectivity index (χ4n) is 2.84. The molecule has 2 aromatic rings. The quantitative estimate of drug-likeness (QED) is 0.481. The maximum absolute atomic E-state index is 13.8. The Labute approximate surface area is 152 Å². The van der Waals surface area contributed by atoms with E-state index in [1.165, 1.54) is 43.5 Å². The van der Waals surface area contributed by atoms with Crippen LogP contribution in [0.3, 0.4) is 0 Å². The van der Waals surface area contributed by atoms with E-state index in [1.807, 2.05) is 10.5 Å². The molecule has 0 saturated heterocycles. The first kappa shape index (κ1) is 17.9. The summed E-state index contributed by atoms with van der Waals surface area (Å²) in [5.41, 5.74) is 3.34. The van der Waals surface area contributed by atoms with Gasteiger partial charge in [0.15, 0.2) is 0 Å². The summed E-state index contributed by atoms with van der Waals surface area (Å²) in [6.45, 7) is 3.04. The van der Waals surface area contributed by atoms with Crippen molar-refractivity contribution < 1.29 is 8.78 Å². The number of nitrogens with zero attached hydrogens (tertiary/aromatic N) is 2. The van der Waals surface area contributed by atoms with Crippen LogP contribution in [0.1, 0.15) is 49.3 Å². The summed E-state index contributed by atoms with van der Waals surface area (Å²) in [4.78, 5) is 0. The van der Waals surface area contributed by atoms with Crippen LogP contribution in [0.25, 0.3) is 0 Å². The number of hydrogen-bond acceptors (Lipinski definition) is 3. The molecular formula is C20H22F2N2S. The second-order valence-corrected chi connectivity index (χ2v) is 7.14. The standard InChI is InChI=1S/C20H22F2N2S/c1-2-3-4-5-12-24-23-20(15-6-9-17(21)10-7-15)19-13-18(22)11-8-16(19)14-25-24/h6-11,13H,2-5,12,14H2,1H3. The van der Waals surface area contributed by atoms with Gasteiger partial charge in [0, 0.05) is 23.4 Å². The monoisotopic (exact) mass is 360 g/mol. The number of fused-ring (bicyclic) bond motifs is 1. The number of hydrazone groups is 1. The van der Waals surface area contributed by atoms with Gasteiger partial charge in [-0.25, -0.2) is 13.2 Å². The highest BCUT2D eigenvalue weighted by atomic mass is 32.2. The Morgan fingerprint density at radius 1 is 1.00 bits per heavy atom. The lowest BCUT2D eigenvalue weighted by Crippen LogP contribution is -2.13. The van der Waals surface area contributed by atoms with Gasteiger partial charge in [-0.1, -0.05) is 32.3 Å². The average Bonchev–Trinajstić information content (AvgIpc) is 2.79. The van der Waals surface area contributed by atoms with E-state index in [1.54, 1.807) is 24.1 Å². The van der Waals surface area contributed by atoms with E-state index in [2.05, 4.69) is 6.92 Å². The van der Waals surface area contributed by atoms with Gasteiger partial charge in [-0.3, -0.25) is 0 Å². The van der Waals surface area contributed by atoms with E-state index in [4.69, 9.17) is 5.10 Å². The van der Waals surface area contributed by atoms with Gasteiger partial charge in [0.2, 0.25) is 0 Å². The van der Waals surface area contributed by atoms with E-state index in [0.717, 1.165) is 35.4 Å². The number of benzene rings is 2. The highest BCUT2D eigenvalue weighted by Crippen LogP contribution is 2.29. The Morgan fingerprint density at radius 3 is 2.52 bits per heavy atom. The Hall–Kier alpha value is -1.88. The van der Waals surface area contributed by atoms with E-state index in [0.29, 0.717) is 5.71 Å². The molecule has 2 aromatic carbocycles. The second kappa shape index (κ2) is 8.48. The number of rotatable bonds is 6. The molecule has 132 valence electrons. The lowest BCUT2D eigenvalue weighted by molar-refractivity contribution is 0.471. The Morgan fingerprint density at radius 2 is 1.76 bits per heavy atom. The summed E-state index contributed by atoms with van der Waals surface area (Å²) in [5, 5.41) is 4.78. The van der Waals surface area contributed by atoms with Gasteiger partial charge < -0.3 is 0 Å². The van der Waals surface area contributed by atoms with E-state index >= 15 is 0 Å². The van der Waals surface area contributed by atoms with Crippen LogP contribution in [-0.4, -0.2) is 16.7 Å². The minimum absolute atomic E-state index is 0.282. The average molecular weight is 360 g/mol. The van der Waals surface area contributed by atoms with Crippen molar-refractivity contribution in [2.24, 2.45) is 5.10 Å². The fourth-order valence-corrected chi connectivity index (χ4v) is 3.78. The number of unbranched alkanes of at least 4 members (excludes halogenated alkanes) is 3. The molecule has 0 bridgehead atoms. The highest BCUT2D eigenvalue weighted by molar-refractivity contribution is 7.96. The molecule has 0 spiro atoms. The van der Waals surface area contributed by atoms with Crippen molar-refractivity contribution in [3.05, 3.63) is 70.8 Å². The van der Waals surface area contributed by atoms with Crippen LogP contribution >= 0.6 is 11.9 Å². The zero-order chi connectivity index (χ0) is 17.6. The highest BCUT2D eigenvalue weighted by Gasteiger charge is 2.19. The lowest BCUT2D eigenvalue weighted by atomic mass is 9.98. The van der Waals surface area contributed by atoms with Gasteiger partial charge in [-0.15, -0.1) is 0 Å². The Balaban J connectivity index is 1.93. The molecule has 0 aliphatic carbocycles. The van der Waals surface area contributed by atoms with Gasteiger partial charge >= 0.3 is 0 Å². The molecule has 25 heavy (non-hydrogen) atoms. The molecule has 5 heteroatoms. The smallest absolute Gasteiger partial charge is 0.123 e. The molecule has 1 aliphatic heterocycles. The van der Waals surface area contributed by atoms with Crippen LogP contribution < -0.4 is 0 Å². The minimum atomic E-state index is -0.289. The first-order chi connectivity index (χ1) is 12.2. The molecule has 0 atom stereocenters. The Kier molecular flexibility index (Phi) is 6.08. The van der Waals surface area contributed by atoms with Gasteiger partial charge in [0.25, 0.3) is 0 Å². The first-order valence-electron chi connectivity index (χ1n) is 8.71. The van der Waals surface area contributed by atoms with Gasteiger partial charge in [0.1, 0.15) is 11.6 Å². The first-order valence-corrected chi connectivity index (χ1v) is 9.65. The van der Waals surface area contributed by atoms with Crippen LogP contribution in [0.4, 0.5) is 8.78 Å². The molecule has 0 unspecified atom stereocenters. The molecule has 1 heterocycles. The fraction of sp³-hybridized carbons (Fsp3) is 0.350. The van der Waals surface area contributed by atoms with Crippen LogP contribution in [0.15, 0.2) is 47.6 Å². The SMILES string of the molecule is CCCCCCN1N=C(c2ccc(F)cc2)c2cc(F)ccc2CS1. The Bertz CT molecular complexity index is 744. The van der Waals surface area contributed by atoms with Gasteiger partial charge in [0.05, 0.1) is 5.71 Å². The summed E-state index contributed by atoms with van der Waals surface area (Å²) < 4.78 is 29.1. The molecule has 0 fully saturated rings. The van der Waals surface area contributed by atoms with Gasteiger partial charge in [-0.05, 0) is 60.3 Å². The number of hydrogen-bond donors (Lipinski definition) is 0. The normalized spacial score (nSPS) is 14.0. The van der Waals surface area contributed by atoms with Crippen molar-refractivity contribution >= 4 is 17.7 Å². The second-order valence-electron chi connectivity index (χ2n) is 6.17. The van der Waals surface area contributed by atoms with Crippen LogP contribution in [-0.2, 0) is 5.75 Å². The largest absolute Gasteiger partial charge is 0.238 e. The molecular weight excluding hydrogens is 338 g/mol. The maximum Gasteiger partial charge on any atom is 0.123 e. The topological polar surface area (TPSA) is 15.6 Å². The minimum Gasteiger partial charge on any atom is -0.238 e. The van der Waals surface area contributed by atoms with Gasteiger partial charge in [-0.2, -0.15) is 5.10 Å². The molecule has 0 radical (unpaired) electrons. The summed E-state index contributed by atoms with van der Waals surface area (Å²) in [5.74, 6) is 0.176. The van der Waals surface area contributed by atoms with Crippen molar-refractivity contribution in [1.29, 1.82) is 0 Å². The molecule has 0 amide bonds. The third-order valence-electron chi connectivity index (χ3n) is 4.23. The summed E-state index contributed by atoms with van der Waals surface area (Å²) in [6.07, 6.45) is 4.67. The molecule has 1 aliphatic rings. The van der Waals surface area contributed by atoms with E-state index in [-0.39, 0.29) is 11.6 Å². The van der Waals surface area contributed by atoms with Crippen LogP contribution in [0.5, 0.6) is 0 Å². The van der Waals surface area contributed by atoms with E-state index in [9.17, 15) is 8.78 Å². The summed E-state index contributed by atoms with van der Waals surface area (Å²) in [7, 11) is 0. The van der Waals surface area contributed by atoms with Crippen molar-refractivity contribution in [2.75, 3.05) is 6.54 Å². The van der Waals surface area contributed by atoms with Crippen LogP contribution in [0, 0.1) is 11.6 Å². The summed E-state index contributed by atoms with van der Waals surface area (Å²) >= 11 is 1.64. The number of halogens is 2. The van der Waals surface area contributed by atoms with Crippen molar-refractivity contribution in [3.8, 4) is 0 Å². The van der Waals surface area contributed by atoms with Crippen LogP contribution in [0.2, 0.25) is 0 Å². The molecule has 3 rings (SSSR count). The molecule has 0 aromatic heterocycles. The predicted molar refractivity (Wildman–Crippen MR) is 101 cm³/mol. The molecule has 0 saturated carbocycles. The van der Waals surface area contributed by atoms with Crippen molar-refractivity contribution in [2.45, 2.75) is 38.4 Å². The third kappa shape index (κ3) is 4.60. The third-order valence-corrected chi connectivity index (χ3v) is 5.23. The van der Waals surface area contributed by atoms with Crippen molar-refractivity contribution in [3.63, 3.8) is 0 Å². The van der Waals surface area contributed by atoms with Crippen molar-refractivity contribution in [1.82, 2.24) is 4.41 Å². The zero-order valence-corrected chi connectivity index (χ0v) is 15.2. The van der Waals surface area contributed by atoms with E-state index < -0.39 is 0 Å². The lowest BCUT2D eigenvalue weighted by Gasteiger charge is -2.16. The predicted octanol–water partition coefficient (Wildman–Crippen LogP) is 5.76. The summed E-state index contributed by atoms with van der Waals surface area (Å²) in [6, 6.07) is 11.1. The molecule has 0 N–H and O–H groups in total. The maximum atomic E-state index is 13.8.